The number of rotatable bonds is 11. The fraction of sp³-hybridized carbons (Fsp3) is 0.317. The molecule has 4 aromatic rings. The van der Waals surface area contributed by atoms with Crippen LogP contribution in [0.4, 0.5) is 5.69 Å². The number of allylic oxidation sites excluding steroid dienone is 2. The van der Waals surface area contributed by atoms with Crippen molar-refractivity contribution in [3.8, 4) is 11.1 Å². The minimum Gasteiger partial charge on any atom is -0.351 e. The molecule has 2 amide bonds. The molecule has 3 N–H and O–H groups in total. The van der Waals surface area contributed by atoms with Gasteiger partial charge in [0.15, 0.2) is 0 Å². The smallest absolute Gasteiger partial charge is 0.251 e. The van der Waals surface area contributed by atoms with E-state index in [-0.39, 0.29) is 11.8 Å². The lowest BCUT2D eigenvalue weighted by Gasteiger charge is -2.33. The van der Waals surface area contributed by atoms with E-state index < -0.39 is 5.92 Å². The van der Waals surface area contributed by atoms with Gasteiger partial charge in [-0.25, -0.2) is 0 Å². The highest BCUT2D eigenvalue weighted by atomic mass is 35.5. The van der Waals surface area contributed by atoms with E-state index in [1.165, 1.54) is 17.6 Å². The Balaban J connectivity index is 1.35. The van der Waals surface area contributed by atoms with E-state index in [0.717, 1.165) is 46.3 Å². The van der Waals surface area contributed by atoms with Crippen LogP contribution in [-0.2, 0) is 11.2 Å². The Hall–Kier alpha value is -3.84. The van der Waals surface area contributed by atoms with Gasteiger partial charge in [0.25, 0.3) is 5.91 Å². The van der Waals surface area contributed by atoms with Gasteiger partial charge in [-0.15, -0.1) is 0 Å². The lowest BCUT2D eigenvalue weighted by molar-refractivity contribution is -0.117. The fourth-order valence-electron chi connectivity index (χ4n) is 6.43. The quantitative estimate of drug-likeness (QED) is 0.109. The Morgan fingerprint density at radius 1 is 0.938 bits per heavy atom. The van der Waals surface area contributed by atoms with Crippen LogP contribution in [0.3, 0.4) is 0 Å². The van der Waals surface area contributed by atoms with Crippen LogP contribution in [0.15, 0.2) is 97.1 Å². The van der Waals surface area contributed by atoms with E-state index in [2.05, 4.69) is 61.7 Å². The number of anilines is 1. The topological polar surface area (TPSA) is 78.4 Å². The number of hydrogen-bond donors (Lipinski definition) is 3. The molecule has 0 saturated carbocycles. The molecule has 250 valence electrons. The summed E-state index contributed by atoms with van der Waals surface area (Å²) in [5.74, 6) is 0.395. The SMILES string of the molecule is Cc1cc(Cl)ccc1-c1ccc(NC(=O)[C@@H](Cc2ccc(C(=O)NCCSO)cc2)c2ccc(C3=CC[C@@H](C(C)(C)C)CC3)cc2)cc1. The summed E-state index contributed by atoms with van der Waals surface area (Å²) in [6.07, 6.45) is 6.22. The molecule has 5 rings (SSSR count). The van der Waals surface area contributed by atoms with Gasteiger partial charge >= 0.3 is 0 Å². The summed E-state index contributed by atoms with van der Waals surface area (Å²) in [7, 11) is 0. The maximum atomic E-state index is 14.0. The molecule has 0 unspecified atom stereocenters. The van der Waals surface area contributed by atoms with Gasteiger partial charge in [-0.1, -0.05) is 93.0 Å². The predicted molar refractivity (Wildman–Crippen MR) is 202 cm³/mol. The molecular formula is C41H45ClN2O3S. The van der Waals surface area contributed by atoms with Crippen molar-refractivity contribution in [2.75, 3.05) is 17.6 Å². The number of aryl methyl sites for hydroxylation is 1. The highest BCUT2D eigenvalue weighted by Gasteiger charge is 2.27. The summed E-state index contributed by atoms with van der Waals surface area (Å²) in [6, 6.07) is 29.6. The fourth-order valence-corrected chi connectivity index (χ4v) is 6.85. The monoisotopic (exact) mass is 680 g/mol. The second-order valence-corrected chi connectivity index (χ2v) is 14.9. The molecule has 0 bridgehead atoms. The van der Waals surface area contributed by atoms with Crippen molar-refractivity contribution in [3.63, 3.8) is 0 Å². The number of carbonyl (C=O) groups is 2. The summed E-state index contributed by atoms with van der Waals surface area (Å²) in [5.41, 5.74) is 9.31. The summed E-state index contributed by atoms with van der Waals surface area (Å²) in [4.78, 5) is 26.5. The first kappa shape index (κ1) is 35.5. The van der Waals surface area contributed by atoms with Crippen LogP contribution in [0.5, 0.6) is 0 Å². The first-order chi connectivity index (χ1) is 23.0. The molecule has 0 spiro atoms. The van der Waals surface area contributed by atoms with Crippen LogP contribution in [0.1, 0.15) is 78.6 Å². The highest BCUT2D eigenvalue weighted by Crippen LogP contribution is 2.40. The molecule has 7 heteroatoms. The number of halogens is 1. The normalized spacial score (nSPS) is 15.4. The van der Waals surface area contributed by atoms with Gasteiger partial charge in [-0.05, 0) is 131 Å². The van der Waals surface area contributed by atoms with Gasteiger partial charge in [-0.3, -0.25) is 9.59 Å². The lowest BCUT2D eigenvalue weighted by Crippen LogP contribution is -2.25. The molecule has 0 saturated heterocycles. The molecule has 5 nitrogen and oxygen atoms in total. The zero-order chi connectivity index (χ0) is 34.3. The zero-order valence-corrected chi connectivity index (χ0v) is 29.8. The molecule has 2 atom stereocenters. The molecule has 0 radical (unpaired) electrons. The molecule has 0 fully saturated rings. The minimum absolute atomic E-state index is 0.0913. The number of benzene rings is 4. The third-order valence-electron chi connectivity index (χ3n) is 9.42. The Morgan fingerprint density at radius 2 is 1.62 bits per heavy atom. The second-order valence-electron chi connectivity index (χ2n) is 13.8. The van der Waals surface area contributed by atoms with Crippen LogP contribution in [0.2, 0.25) is 5.02 Å². The Bertz CT molecular complexity index is 1740. The number of nitrogens with one attached hydrogen (secondary N) is 2. The highest BCUT2D eigenvalue weighted by molar-refractivity contribution is 7.93. The first-order valence-corrected chi connectivity index (χ1v) is 17.9. The van der Waals surface area contributed by atoms with Gasteiger partial charge in [-0.2, -0.15) is 0 Å². The zero-order valence-electron chi connectivity index (χ0n) is 28.2. The van der Waals surface area contributed by atoms with Crippen molar-refractivity contribution in [2.24, 2.45) is 11.3 Å². The molecule has 4 aromatic carbocycles. The Kier molecular flexibility index (Phi) is 11.9. The average Bonchev–Trinajstić information content (AvgIpc) is 3.08. The first-order valence-electron chi connectivity index (χ1n) is 16.6. The summed E-state index contributed by atoms with van der Waals surface area (Å²) >= 11 is 6.86. The molecule has 1 aliphatic carbocycles. The largest absolute Gasteiger partial charge is 0.351 e. The molecule has 48 heavy (non-hydrogen) atoms. The van der Waals surface area contributed by atoms with Crippen molar-refractivity contribution in [2.45, 2.75) is 59.3 Å². The summed E-state index contributed by atoms with van der Waals surface area (Å²) in [5, 5.41) is 6.67. The van der Waals surface area contributed by atoms with Crippen LogP contribution in [-0.4, -0.2) is 28.7 Å². The summed E-state index contributed by atoms with van der Waals surface area (Å²) < 4.78 is 8.92. The van der Waals surface area contributed by atoms with Gasteiger partial charge in [0.2, 0.25) is 5.91 Å². The number of carbonyl (C=O) groups excluding carboxylic acids is 2. The van der Waals surface area contributed by atoms with Crippen LogP contribution in [0.25, 0.3) is 16.7 Å². The van der Waals surface area contributed by atoms with E-state index in [9.17, 15) is 9.59 Å². The van der Waals surface area contributed by atoms with E-state index in [1.54, 1.807) is 12.1 Å². The third kappa shape index (κ3) is 9.19. The van der Waals surface area contributed by atoms with Crippen molar-refractivity contribution in [1.29, 1.82) is 0 Å². The number of hydrogen-bond acceptors (Lipinski definition) is 4. The van der Waals surface area contributed by atoms with Crippen LogP contribution >= 0.6 is 23.6 Å². The van der Waals surface area contributed by atoms with Gasteiger partial charge in [0.1, 0.15) is 0 Å². The van der Waals surface area contributed by atoms with Crippen molar-refractivity contribution in [1.82, 2.24) is 5.32 Å². The molecule has 1 aliphatic rings. The Labute approximate surface area is 294 Å². The second kappa shape index (κ2) is 16.0. The maximum Gasteiger partial charge on any atom is 0.251 e. The van der Waals surface area contributed by atoms with Crippen molar-refractivity contribution >= 4 is 46.7 Å². The molecular weight excluding hydrogens is 636 g/mol. The average molecular weight is 681 g/mol. The van der Waals surface area contributed by atoms with Crippen molar-refractivity contribution in [3.05, 3.63) is 130 Å². The van der Waals surface area contributed by atoms with Crippen LogP contribution in [0, 0.1) is 18.3 Å². The Morgan fingerprint density at radius 3 is 2.23 bits per heavy atom. The number of amides is 2. The van der Waals surface area contributed by atoms with Gasteiger partial charge in [0, 0.05) is 28.6 Å². The molecule has 0 heterocycles. The van der Waals surface area contributed by atoms with Gasteiger partial charge < -0.3 is 15.2 Å². The molecule has 0 aromatic heterocycles. The lowest BCUT2D eigenvalue weighted by atomic mass is 9.72. The standard InChI is InChI=1S/C41H45ClN2O3S/c1-27-25-35(42)19-22-37(27)31-15-20-36(21-16-31)44-40(46)38(26-28-5-7-33(8-6-28)39(45)43-23-24-48-47)32-11-9-29(10-12-32)30-13-17-34(18-14-30)41(2,3)4/h5-13,15-16,19-22,25,34,38,47H,14,17-18,23-24,26H2,1-4H3,(H,43,45)(H,44,46)/t34-,38+/m1/s1. The maximum absolute atomic E-state index is 14.0. The van der Waals surface area contributed by atoms with Crippen molar-refractivity contribution < 1.29 is 14.1 Å². The van der Waals surface area contributed by atoms with Crippen LogP contribution < -0.4 is 10.6 Å². The van der Waals surface area contributed by atoms with E-state index >= 15 is 0 Å². The molecule has 0 aliphatic heterocycles. The predicted octanol–water partition coefficient (Wildman–Crippen LogP) is 10.4. The van der Waals surface area contributed by atoms with Gasteiger partial charge in [0.05, 0.1) is 5.92 Å². The summed E-state index contributed by atoms with van der Waals surface area (Å²) in [6.45, 7) is 9.40. The van der Waals surface area contributed by atoms with E-state index in [1.807, 2.05) is 61.5 Å². The third-order valence-corrected chi connectivity index (χ3v) is 10.0. The van der Waals surface area contributed by atoms with E-state index in [4.69, 9.17) is 16.2 Å². The minimum atomic E-state index is -0.441. The van der Waals surface area contributed by atoms with E-state index in [0.29, 0.717) is 52.7 Å².